The van der Waals surface area contributed by atoms with E-state index in [1.54, 1.807) is 24.3 Å². The van der Waals surface area contributed by atoms with Gasteiger partial charge < -0.3 is 0 Å². The highest BCUT2D eigenvalue weighted by molar-refractivity contribution is 7.17. The van der Waals surface area contributed by atoms with Crippen LogP contribution >= 0.6 is 11.3 Å². The second-order valence-electron chi connectivity index (χ2n) is 5.48. The van der Waals surface area contributed by atoms with Crippen molar-refractivity contribution in [1.29, 1.82) is 0 Å². The van der Waals surface area contributed by atoms with Gasteiger partial charge in [-0.05, 0) is 47.5 Å². The van der Waals surface area contributed by atoms with Crippen LogP contribution in [0.4, 0.5) is 8.78 Å². The minimum Gasteiger partial charge on any atom is -0.273 e. The zero-order chi connectivity index (χ0) is 18.5. The maximum atomic E-state index is 13.0. The number of hydrogen-bond acceptors (Lipinski definition) is 3. The number of benzene rings is 2. The minimum atomic E-state index is -0.448. The number of carbonyl (C=O) groups excluding carboxylic acids is 2. The summed E-state index contributed by atoms with van der Waals surface area (Å²) >= 11 is 1.23. The average Bonchev–Trinajstić information content (AvgIpc) is 3.12. The second-order valence-corrected chi connectivity index (χ2v) is 6.56. The Balaban J connectivity index is 1.55. The molecule has 0 atom stereocenters. The molecule has 2 N–H and O–H groups in total. The highest BCUT2D eigenvalue weighted by atomic mass is 32.1. The molecule has 2 aromatic carbocycles. The van der Waals surface area contributed by atoms with Gasteiger partial charge in [0.15, 0.2) is 0 Å². The highest BCUT2D eigenvalue weighted by Gasteiger charge is 2.12. The van der Waals surface area contributed by atoms with Crippen LogP contribution < -0.4 is 10.9 Å². The van der Waals surface area contributed by atoms with E-state index >= 15 is 0 Å². The molecule has 2 amide bonds. The predicted molar refractivity (Wildman–Crippen MR) is 95.4 cm³/mol. The van der Waals surface area contributed by atoms with Crippen molar-refractivity contribution in [2.45, 2.75) is 6.42 Å². The molecule has 0 fully saturated rings. The number of thiophene rings is 1. The molecule has 4 nitrogen and oxygen atoms in total. The van der Waals surface area contributed by atoms with Gasteiger partial charge in [0.05, 0.1) is 11.3 Å². The van der Waals surface area contributed by atoms with Crippen LogP contribution in [-0.2, 0) is 11.2 Å². The molecule has 0 bridgehead atoms. The molecule has 0 radical (unpaired) electrons. The molecular weight excluding hydrogens is 358 g/mol. The second kappa shape index (κ2) is 7.88. The summed E-state index contributed by atoms with van der Waals surface area (Å²) in [6, 6.07) is 14.9. The SMILES string of the molecule is O=C(Cc1ccc(F)cc1)NNC(=O)c1ccc(-c2ccc(F)cc2)s1. The summed E-state index contributed by atoms with van der Waals surface area (Å²) in [7, 11) is 0. The number of hydrogen-bond donors (Lipinski definition) is 2. The lowest BCUT2D eigenvalue weighted by atomic mass is 10.1. The van der Waals surface area contributed by atoms with Crippen LogP contribution in [-0.4, -0.2) is 11.8 Å². The number of amides is 2. The summed E-state index contributed by atoms with van der Waals surface area (Å²) in [5, 5.41) is 0. The Labute approximate surface area is 152 Å². The molecule has 1 heterocycles. The Kier molecular flexibility index (Phi) is 5.38. The quantitative estimate of drug-likeness (QED) is 0.686. The predicted octanol–water partition coefficient (Wildman–Crippen LogP) is 3.70. The van der Waals surface area contributed by atoms with Gasteiger partial charge in [-0.2, -0.15) is 0 Å². The minimum absolute atomic E-state index is 0.0197. The molecule has 26 heavy (non-hydrogen) atoms. The monoisotopic (exact) mass is 372 g/mol. The molecule has 0 unspecified atom stereocenters. The number of hydrazine groups is 1. The Morgan fingerprint density at radius 1 is 0.808 bits per heavy atom. The Morgan fingerprint density at radius 2 is 1.42 bits per heavy atom. The number of halogens is 2. The van der Waals surface area contributed by atoms with Crippen molar-refractivity contribution in [2.75, 3.05) is 0 Å². The summed E-state index contributed by atoms with van der Waals surface area (Å²) in [4.78, 5) is 25.2. The molecule has 0 aliphatic carbocycles. The van der Waals surface area contributed by atoms with Crippen LogP contribution in [0.2, 0.25) is 0 Å². The summed E-state index contributed by atoms with van der Waals surface area (Å²) in [5.74, 6) is -1.57. The fraction of sp³-hybridized carbons (Fsp3) is 0.0526. The fourth-order valence-electron chi connectivity index (χ4n) is 2.25. The lowest BCUT2D eigenvalue weighted by molar-refractivity contribution is -0.121. The van der Waals surface area contributed by atoms with Gasteiger partial charge in [-0.15, -0.1) is 11.3 Å². The van der Waals surface area contributed by atoms with E-state index in [0.717, 1.165) is 10.4 Å². The Bertz CT molecular complexity index is 921. The van der Waals surface area contributed by atoms with Crippen molar-refractivity contribution in [3.05, 3.63) is 82.7 Å². The Morgan fingerprint density at radius 3 is 2.08 bits per heavy atom. The molecular formula is C19H14F2N2O2S. The van der Waals surface area contributed by atoms with E-state index in [9.17, 15) is 18.4 Å². The van der Waals surface area contributed by atoms with Crippen molar-refractivity contribution < 1.29 is 18.4 Å². The molecule has 3 rings (SSSR count). The molecule has 3 aromatic rings. The first-order valence-corrected chi connectivity index (χ1v) is 8.52. The van der Waals surface area contributed by atoms with Gasteiger partial charge in [-0.1, -0.05) is 24.3 Å². The summed E-state index contributed by atoms with van der Waals surface area (Å²) in [5.41, 5.74) is 6.10. The maximum Gasteiger partial charge on any atom is 0.279 e. The summed E-state index contributed by atoms with van der Waals surface area (Å²) < 4.78 is 25.8. The molecule has 7 heteroatoms. The topological polar surface area (TPSA) is 58.2 Å². The maximum absolute atomic E-state index is 13.0. The van der Waals surface area contributed by atoms with Crippen LogP contribution in [0.3, 0.4) is 0 Å². The first-order chi connectivity index (χ1) is 12.5. The number of rotatable bonds is 4. The van der Waals surface area contributed by atoms with Crippen LogP contribution in [0, 0.1) is 11.6 Å². The van der Waals surface area contributed by atoms with Crippen molar-refractivity contribution in [1.82, 2.24) is 10.9 Å². The van der Waals surface area contributed by atoms with Gasteiger partial charge in [0.2, 0.25) is 5.91 Å². The van der Waals surface area contributed by atoms with E-state index in [-0.39, 0.29) is 18.1 Å². The third-order valence-corrected chi connectivity index (χ3v) is 4.69. The molecule has 1 aromatic heterocycles. The third kappa shape index (κ3) is 4.52. The molecule has 0 saturated heterocycles. The first-order valence-electron chi connectivity index (χ1n) is 7.70. The number of nitrogens with one attached hydrogen (secondary N) is 2. The Hall–Kier alpha value is -3.06. The van der Waals surface area contributed by atoms with Gasteiger partial charge in [0.1, 0.15) is 11.6 Å². The molecule has 132 valence electrons. The van der Waals surface area contributed by atoms with Gasteiger partial charge >= 0.3 is 0 Å². The van der Waals surface area contributed by atoms with Gasteiger partial charge in [-0.25, -0.2) is 8.78 Å². The molecule has 0 saturated carbocycles. The largest absolute Gasteiger partial charge is 0.279 e. The van der Waals surface area contributed by atoms with E-state index in [1.165, 1.54) is 47.7 Å². The van der Waals surface area contributed by atoms with Crippen molar-refractivity contribution in [3.8, 4) is 10.4 Å². The van der Waals surface area contributed by atoms with Gasteiger partial charge in [-0.3, -0.25) is 20.4 Å². The van der Waals surface area contributed by atoms with E-state index in [1.807, 2.05) is 0 Å². The number of carbonyl (C=O) groups is 2. The summed E-state index contributed by atoms with van der Waals surface area (Å²) in [6.45, 7) is 0. The van der Waals surface area contributed by atoms with E-state index in [4.69, 9.17) is 0 Å². The summed E-state index contributed by atoms with van der Waals surface area (Å²) in [6.07, 6.45) is 0.0197. The zero-order valence-corrected chi connectivity index (χ0v) is 14.3. The third-order valence-electron chi connectivity index (χ3n) is 3.55. The standard InChI is InChI=1S/C19H14F2N2O2S/c20-14-5-1-12(2-6-14)11-18(24)22-23-19(25)17-10-9-16(26-17)13-3-7-15(21)8-4-13/h1-10H,11H2,(H,22,24)(H,23,25). The van der Waals surface area contributed by atoms with Crippen LogP contribution in [0.25, 0.3) is 10.4 Å². The average molecular weight is 372 g/mol. The van der Waals surface area contributed by atoms with Crippen molar-refractivity contribution >= 4 is 23.2 Å². The highest BCUT2D eigenvalue weighted by Crippen LogP contribution is 2.28. The lowest BCUT2D eigenvalue weighted by Gasteiger charge is -2.06. The fourth-order valence-corrected chi connectivity index (χ4v) is 3.16. The van der Waals surface area contributed by atoms with E-state index in [2.05, 4.69) is 10.9 Å². The zero-order valence-electron chi connectivity index (χ0n) is 13.5. The van der Waals surface area contributed by atoms with Gasteiger partial charge in [0.25, 0.3) is 5.91 Å². The van der Waals surface area contributed by atoms with Crippen LogP contribution in [0.1, 0.15) is 15.2 Å². The van der Waals surface area contributed by atoms with Crippen LogP contribution in [0.15, 0.2) is 60.7 Å². The van der Waals surface area contributed by atoms with E-state index < -0.39 is 11.8 Å². The van der Waals surface area contributed by atoms with Crippen molar-refractivity contribution in [3.63, 3.8) is 0 Å². The van der Waals surface area contributed by atoms with Gasteiger partial charge in [0, 0.05) is 4.88 Å². The lowest BCUT2D eigenvalue weighted by Crippen LogP contribution is -2.42. The van der Waals surface area contributed by atoms with E-state index in [0.29, 0.717) is 10.4 Å². The first kappa shape index (κ1) is 17.8. The molecule has 0 spiro atoms. The van der Waals surface area contributed by atoms with Crippen molar-refractivity contribution in [2.24, 2.45) is 0 Å². The van der Waals surface area contributed by atoms with Crippen LogP contribution in [0.5, 0.6) is 0 Å². The molecule has 0 aliphatic heterocycles. The molecule has 0 aliphatic rings. The normalized spacial score (nSPS) is 10.4. The smallest absolute Gasteiger partial charge is 0.273 e.